The summed E-state index contributed by atoms with van der Waals surface area (Å²) in [6, 6.07) is 19.2. The number of hydrogen-bond donors (Lipinski definition) is 6. The molecule has 4 rings (SSSR count). The van der Waals surface area contributed by atoms with Gasteiger partial charge in [0.2, 0.25) is 5.91 Å². The number of benzene rings is 3. The van der Waals surface area contributed by atoms with Crippen LogP contribution < -0.4 is 21.3 Å². The van der Waals surface area contributed by atoms with Crippen molar-refractivity contribution in [3.8, 4) is 0 Å². The van der Waals surface area contributed by atoms with E-state index >= 15 is 0 Å². The molecule has 0 saturated heterocycles. The van der Waals surface area contributed by atoms with E-state index in [0.717, 1.165) is 12.6 Å². The number of amides is 3. The summed E-state index contributed by atoms with van der Waals surface area (Å²) in [5.41, 5.74) is 2.70. The van der Waals surface area contributed by atoms with Gasteiger partial charge in [0, 0.05) is 46.8 Å². The molecule has 6 N–H and O–H groups in total. The highest BCUT2D eigenvalue weighted by atomic mass is 16.4. The second-order valence-corrected chi connectivity index (χ2v) is 9.77. The van der Waals surface area contributed by atoms with Crippen LogP contribution in [0.2, 0.25) is 0 Å². The van der Waals surface area contributed by atoms with E-state index in [1.807, 2.05) is 0 Å². The van der Waals surface area contributed by atoms with Crippen molar-refractivity contribution >= 4 is 58.2 Å². The Morgan fingerprint density at radius 3 is 1.45 bits per heavy atom. The number of carbonyl (C=O) groups excluding carboxylic acids is 4. The van der Waals surface area contributed by atoms with E-state index in [4.69, 9.17) is 0 Å². The lowest BCUT2D eigenvalue weighted by Crippen LogP contribution is -2.60. The van der Waals surface area contributed by atoms with Gasteiger partial charge in [0.1, 0.15) is 5.78 Å². The Morgan fingerprint density at radius 1 is 0.571 bits per heavy atom. The second kappa shape index (κ2) is 12.3. The van der Waals surface area contributed by atoms with Gasteiger partial charge in [-0.05, 0) is 73.7 Å². The lowest BCUT2D eigenvalue weighted by Gasteiger charge is -2.45. The van der Waals surface area contributed by atoms with E-state index in [0.29, 0.717) is 16.9 Å². The first-order chi connectivity index (χ1) is 20.0. The molecule has 1 fully saturated rings. The lowest BCUT2D eigenvalue weighted by molar-refractivity contribution is -0.179. The number of carboxylic acids is 2. The summed E-state index contributed by atoms with van der Waals surface area (Å²) in [5.74, 6) is -10.7. The maximum atomic E-state index is 12.8. The van der Waals surface area contributed by atoms with Gasteiger partial charge >= 0.3 is 11.9 Å². The van der Waals surface area contributed by atoms with Crippen LogP contribution in [0.15, 0.2) is 72.8 Å². The van der Waals surface area contributed by atoms with Crippen molar-refractivity contribution < 1.29 is 39.0 Å². The smallest absolute Gasteiger partial charge is 0.308 e. The standard InChI is InChI=1S/C30H28N4O8/c1-15(35)22-23(25(30(41)42)24(22)29(39)40)28(38)32-19-12-8-17(9-13-19)27(37)34-21-5-3-4-20(14-21)33-26(36)16-6-10-18(31-2)11-7-16/h3-14,22-25,31H,1-2H3,(H,32,38)(H,33,36)(H,34,37)(H,39,40)(H,41,42). The van der Waals surface area contributed by atoms with E-state index in [1.54, 1.807) is 55.6 Å². The summed E-state index contributed by atoms with van der Waals surface area (Å²) >= 11 is 0. The number of aliphatic carboxylic acids is 2. The Hall–Kier alpha value is -5.52. The van der Waals surface area contributed by atoms with Crippen molar-refractivity contribution in [1.29, 1.82) is 0 Å². The van der Waals surface area contributed by atoms with Crippen LogP contribution in [0.1, 0.15) is 27.6 Å². The molecule has 1 aliphatic rings. The van der Waals surface area contributed by atoms with Gasteiger partial charge in [-0.3, -0.25) is 28.8 Å². The maximum Gasteiger partial charge on any atom is 0.308 e. The van der Waals surface area contributed by atoms with E-state index < -0.39 is 53.2 Å². The molecule has 0 aliphatic heterocycles. The number of carboxylic acid groups (broad SMARTS) is 2. The van der Waals surface area contributed by atoms with Gasteiger partial charge in [-0.25, -0.2) is 0 Å². The van der Waals surface area contributed by atoms with Crippen LogP contribution in [-0.4, -0.2) is 52.7 Å². The maximum absolute atomic E-state index is 12.8. The molecular weight excluding hydrogens is 544 g/mol. The summed E-state index contributed by atoms with van der Waals surface area (Å²) < 4.78 is 0. The fraction of sp³-hybridized carbons (Fsp3) is 0.200. The molecule has 42 heavy (non-hydrogen) atoms. The fourth-order valence-electron chi connectivity index (χ4n) is 4.99. The molecule has 4 unspecified atom stereocenters. The summed E-state index contributed by atoms with van der Waals surface area (Å²) in [4.78, 5) is 73.4. The van der Waals surface area contributed by atoms with Crippen molar-refractivity contribution in [3.05, 3.63) is 83.9 Å². The quantitative estimate of drug-likeness (QED) is 0.211. The first-order valence-corrected chi connectivity index (χ1v) is 12.9. The second-order valence-electron chi connectivity index (χ2n) is 9.77. The number of ketones is 1. The summed E-state index contributed by atoms with van der Waals surface area (Å²) in [7, 11) is 1.78. The zero-order chi connectivity index (χ0) is 30.6. The van der Waals surface area contributed by atoms with Crippen LogP contribution in [0.3, 0.4) is 0 Å². The number of rotatable bonds is 10. The average Bonchev–Trinajstić information content (AvgIpc) is 2.92. The average molecular weight is 573 g/mol. The van der Waals surface area contributed by atoms with Gasteiger partial charge in [0.15, 0.2) is 0 Å². The predicted molar refractivity (Wildman–Crippen MR) is 153 cm³/mol. The number of nitrogens with one attached hydrogen (secondary N) is 4. The van der Waals surface area contributed by atoms with Crippen molar-refractivity contribution in [3.63, 3.8) is 0 Å². The summed E-state index contributed by atoms with van der Waals surface area (Å²) in [6.07, 6.45) is 0. The Morgan fingerprint density at radius 2 is 1.02 bits per heavy atom. The molecule has 4 atom stereocenters. The number of carbonyl (C=O) groups is 6. The summed E-state index contributed by atoms with van der Waals surface area (Å²) in [6.45, 7) is 1.12. The topological polar surface area (TPSA) is 191 Å². The fourth-order valence-corrected chi connectivity index (χ4v) is 4.99. The third kappa shape index (κ3) is 6.28. The Bertz CT molecular complexity index is 1530. The molecule has 0 radical (unpaired) electrons. The molecule has 3 aromatic rings. The molecule has 216 valence electrons. The highest BCUT2D eigenvalue weighted by molar-refractivity contribution is 6.07. The van der Waals surface area contributed by atoms with E-state index in [-0.39, 0.29) is 17.2 Å². The van der Waals surface area contributed by atoms with Crippen LogP contribution in [0, 0.1) is 23.7 Å². The molecule has 0 aromatic heterocycles. The van der Waals surface area contributed by atoms with Crippen LogP contribution in [0.4, 0.5) is 22.7 Å². The predicted octanol–water partition coefficient (Wildman–Crippen LogP) is 3.41. The Kier molecular flexibility index (Phi) is 8.65. The molecule has 3 aromatic carbocycles. The summed E-state index contributed by atoms with van der Waals surface area (Å²) in [5, 5.41) is 29.8. The Balaban J connectivity index is 1.38. The minimum atomic E-state index is -1.54. The Labute approximate surface area is 240 Å². The first-order valence-electron chi connectivity index (χ1n) is 12.9. The zero-order valence-corrected chi connectivity index (χ0v) is 22.6. The monoisotopic (exact) mass is 572 g/mol. The van der Waals surface area contributed by atoms with Crippen LogP contribution >= 0.6 is 0 Å². The minimum Gasteiger partial charge on any atom is -0.481 e. The number of anilines is 4. The van der Waals surface area contributed by atoms with Crippen LogP contribution in [0.5, 0.6) is 0 Å². The van der Waals surface area contributed by atoms with Crippen molar-refractivity contribution in [2.45, 2.75) is 6.92 Å². The molecule has 0 heterocycles. The largest absolute Gasteiger partial charge is 0.481 e. The van der Waals surface area contributed by atoms with Gasteiger partial charge < -0.3 is 31.5 Å². The molecule has 1 saturated carbocycles. The molecule has 0 bridgehead atoms. The van der Waals surface area contributed by atoms with E-state index in [1.165, 1.54) is 24.3 Å². The van der Waals surface area contributed by atoms with Gasteiger partial charge in [-0.2, -0.15) is 0 Å². The highest BCUT2D eigenvalue weighted by Gasteiger charge is 2.62. The number of hydrogen-bond acceptors (Lipinski definition) is 7. The highest BCUT2D eigenvalue weighted by Crippen LogP contribution is 2.47. The third-order valence-electron chi connectivity index (χ3n) is 7.12. The van der Waals surface area contributed by atoms with Gasteiger partial charge in [0.05, 0.1) is 17.8 Å². The number of Topliss-reactive ketones (excluding diaryl/α,β-unsaturated/α-hetero) is 1. The van der Waals surface area contributed by atoms with E-state index in [2.05, 4.69) is 21.3 Å². The van der Waals surface area contributed by atoms with Gasteiger partial charge in [-0.1, -0.05) is 6.07 Å². The van der Waals surface area contributed by atoms with Gasteiger partial charge in [0.25, 0.3) is 11.8 Å². The van der Waals surface area contributed by atoms with Crippen molar-refractivity contribution in [2.24, 2.45) is 23.7 Å². The normalized spacial score (nSPS) is 19.0. The first kappa shape index (κ1) is 29.5. The van der Waals surface area contributed by atoms with Crippen LogP contribution in [0.25, 0.3) is 0 Å². The van der Waals surface area contributed by atoms with E-state index in [9.17, 15) is 39.0 Å². The molecular formula is C30H28N4O8. The molecule has 1 aliphatic carbocycles. The third-order valence-corrected chi connectivity index (χ3v) is 7.12. The van der Waals surface area contributed by atoms with Crippen LogP contribution in [-0.2, 0) is 19.2 Å². The molecule has 0 spiro atoms. The van der Waals surface area contributed by atoms with Crippen molar-refractivity contribution in [1.82, 2.24) is 0 Å². The SMILES string of the molecule is CNc1ccc(C(=O)Nc2cccc(NC(=O)c3ccc(NC(=O)C4C(C(C)=O)C(C(=O)O)C4C(=O)O)cc3)c2)cc1. The molecule has 3 amide bonds. The molecule has 12 heteroatoms. The lowest BCUT2D eigenvalue weighted by atomic mass is 9.55. The zero-order valence-electron chi connectivity index (χ0n) is 22.6. The van der Waals surface area contributed by atoms with Gasteiger partial charge in [-0.15, -0.1) is 0 Å². The van der Waals surface area contributed by atoms with Crippen molar-refractivity contribution in [2.75, 3.05) is 28.3 Å². The minimum absolute atomic E-state index is 0.231. The molecule has 12 nitrogen and oxygen atoms in total.